The van der Waals surface area contributed by atoms with E-state index < -0.39 is 0 Å². The highest BCUT2D eigenvalue weighted by Gasteiger charge is 1.92. The van der Waals surface area contributed by atoms with Crippen molar-refractivity contribution in [3.05, 3.63) is 54.2 Å². The number of hydrogen-bond donors (Lipinski definition) is 0. The molecule has 1 rings (SSSR count). The van der Waals surface area contributed by atoms with Crippen LogP contribution in [0.2, 0.25) is 0 Å². The summed E-state index contributed by atoms with van der Waals surface area (Å²) < 4.78 is 0. The first-order valence-corrected chi connectivity index (χ1v) is 4.12. The molecule has 0 bridgehead atoms. The summed E-state index contributed by atoms with van der Waals surface area (Å²) in [6.07, 6.45) is 3.49. The largest absolute Gasteiger partial charge is 0.272 e. The predicted molar refractivity (Wildman–Crippen MR) is 58.9 cm³/mol. The SMILES string of the molecule is C=N/C=C\C(=C)c1ccc(C)cc1. The molecular weight excluding hydrogens is 158 g/mol. The number of nitrogens with zero attached hydrogens (tertiary/aromatic N) is 1. The van der Waals surface area contributed by atoms with E-state index in [9.17, 15) is 0 Å². The third kappa shape index (κ3) is 2.71. The third-order valence-corrected chi connectivity index (χ3v) is 1.80. The van der Waals surface area contributed by atoms with Crippen molar-refractivity contribution < 1.29 is 0 Å². The lowest BCUT2D eigenvalue weighted by atomic mass is 10.1. The maximum atomic E-state index is 3.92. The van der Waals surface area contributed by atoms with E-state index in [0.717, 1.165) is 11.1 Å². The zero-order chi connectivity index (χ0) is 9.68. The second kappa shape index (κ2) is 4.41. The summed E-state index contributed by atoms with van der Waals surface area (Å²) in [6, 6.07) is 8.22. The molecule has 0 saturated heterocycles. The van der Waals surface area contributed by atoms with Gasteiger partial charge in [0, 0.05) is 6.20 Å². The van der Waals surface area contributed by atoms with Crippen molar-refractivity contribution in [3.63, 3.8) is 0 Å². The Labute approximate surface area is 79.1 Å². The summed E-state index contributed by atoms with van der Waals surface area (Å²) in [5.74, 6) is 0. The zero-order valence-corrected chi connectivity index (χ0v) is 7.83. The van der Waals surface area contributed by atoms with Crippen molar-refractivity contribution in [2.45, 2.75) is 6.92 Å². The van der Waals surface area contributed by atoms with E-state index >= 15 is 0 Å². The third-order valence-electron chi connectivity index (χ3n) is 1.80. The van der Waals surface area contributed by atoms with Gasteiger partial charge < -0.3 is 0 Å². The fourth-order valence-corrected chi connectivity index (χ4v) is 1.01. The average molecular weight is 171 g/mol. The molecular formula is C12H13N. The number of aryl methyl sites for hydroxylation is 1. The zero-order valence-electron chi connectivity index (χ0n) is 7.83. The van der Waals surface area contributed by atoms with Crippen molar-refractivity contribution in [2.75, 3.05) is 0 Å². The maximum Gasteiger partial charge on any atom is 0.0266 e. The van der Waals surface area contributed by atoms with Crippen LogP contribution in [-0.4, -0.2) is 6.72 Å². The highest BCUT2D eigenvalue weighted by atomic mass is 14.6. The van der Waals surface area contributed by atoms with E-state index in [2.05, 4.69) is 37.3 Å². The Bertz CT molecular complexity index is 331. The highest BCUT2D eigenvalue weighted by Crippen LogP contribution is 2.14. The van der Waals surface area contributed by atoms with E-state index in [1.165, 1.54) is 5.56 Å². The van der Waals surface area contributed by atoms with E-state index in [-0.39, 0.29) is 0 Å². The molecule has 0 aromatic heterocycles. The maximum absolute atomic E-state index is 3.92. The van der Waals surface area contributed by atoms with Crippen LogP contribution in [0.25, 0.3) is 5.57 Å². The number of rotatable bonds is 3. The normalized spacial score (nSPS) is 10.2. The molecule has 66 valence electrons. The molecule has 0 aliphatic carbocycles. The molecule has 0 unspecified atom stereocenters. The second-order valence-corrected chi connectivity index (χ2v) is 2.89. The fourth-order valence-electron chi connectivity index (χ4n) is 1.01. The van der Waals surface area contributed by atoms with Gasteiger partial charge in [-0.1, -0.05) is 36.4 Å². The van der Waals surface area contributed by atoms with Gasteiger partial charge in [-0.15, -0.1) is 0 Å². The first kappa shape index (κ1) is 9.46. The fraction of sp³-hybridized carbons (Fsp3) is 0.0833. The molecule has 1 heteroatoms. The summed E-state index contributed by atoms with van der Waals surface area (Å²) in [4.78, 5) is 3.63. The van der Waals surface area contributed by atoms with Gasteiger partial charge in [-0.25, -0.2) is 0 Å². The molecule has 0 amide bonds. The molecule has 0 radical (unpaired) electrons. The quantitative estimate of drug-likeness (QED) is 0.489. The predicted octanol–water partition coefficient (Wildman–Crippen LogP) is 3.22. The smallest absolute Gasteiger partial charge is 0.0266 e. The van der Waals surface area contributed by atoms with Crippen molar-refractivity contribution >= 4 is 12.3 Å². The molecule has 0 aliphatic rings. The summed E-state index contributed by atoms with van der Waals surface area (Å²) in [5, 5.41) is 0. The van der Waals surface area contributed by atoms with Crippen molar-refractivity contribution in [3.8, 4) is 0 Å². The molecule has 0 atom stereocenters. The second-order valence-electron chi connectivity index (χ2n) is 2.89. The van der Waals surface area contributed by atoms with Gasteiger partial charge >= 0.3 is 0 Å². The van der Waals surface area contributed by atoms with Gasteiger partial charge in [-0.2, -0.15) is 0 Å². The van der Waals surface area contributed by atoms with Gasteiger partial charge in [0.2, 0.25) is 0 Å². The lowest BCUT2D eigenvalue weighted by Crippen LogP contribution is -1.78. The number of allylic oxidation sites excluding steroid dienone is 2. The molecule has 0 spiro atoms. The Kier molecular flexibility index (Phi) is 3.21. The molecule has 0 saturated carbocycles. The van der Waals surface area contributed by atoms with Crippen LogP contribution in [0, 0.1) is 6.92 Å². The Morgan fingerprint density at radius 1 is 1.31 bits per heavy atom. The van der Waals surface area contributed by atoms with Crippen LogP contribution in [0.1, 0.15) is 11.1 Å². The number of aliphatic imine (C=N–C) groups is 1. The van der Waals surface area contributed by atoms with Crippen LogP contribution in [0.3, 0.4) is 0 Å². The molecule has 0 aliphatic heterocycles. The van der Waals surface area contributed by atoms with Crippen LogP contribution in [0.4, 0.5) is 0 Å². The van der Waals surface area contributed by atoms with E-state index in [4.69, 9.17) is 0 Å². The van der Waals surface area contributed by atoms with Gasteiger partial charge in [0.1, 0.15) is 0 Å². The van der Waals surface area contributed by atoms with Crippen LogP contribution in [0.15, 0.2) is 48.1 Å². The Morgan fingerprint density at radius 3 is 2.46 bits per heavy atom. The summed E-state index contributed by atoms with van der Waals surface area (Å²) in [5.41, 5.74) is 3.32. The summed E-state index contributed by atoms with van der Waals surface area (Å²) in [6.45, 7) is 9.34. The lowest BCUT2D eigenvalue weighted by Gasteiger charge is -1.99. The molecule has 0 heterocycles. The minimum atomic E-state index is 0.951. The molecule has 0 N–H and O–H groups in total. The molecule has 13 heavy (non-hydrogen) atoms. The Morgan fingerprint density at radius 2 is 1.92 bits per heavy atom. The summed E-state index contributed by atoms with van der Waals surface area (Å²) in [7, 11) is 0. The van der Waals surface area contributed by atoms with Crippen LogP contribution < -0.4 is 0 Å². The van der Waals surface area contributed by atoms with Crippen LogP contribution in [0.5, 0.6) is 0 Å². The van der Waals surface area contributed by atoms with Crippen molar-refractivity contribution in [1.29, 1.82) is 0 Å². The molecule has 1 aromatic carbocycles. The number of hydrogen-bond acceptors (Lipinski definition) is 1. The van der Waals surface area contributed by atoms with Crippen LogP contribution >= 0.6 is 0 Å². The molecule has 1 nitrogen and oxygen atoms in total. The van der Waals surface area contributed by atoms with Gasteiger partial charge in [-0.3, -0.25) is 4.99 Å². The van der Waals surface area contributed by atoms with Gasteiger partial charge in [0.15, 0.2) is 0 Å². The Balaban J connectivity index is 2.83. The topological polar surface area (TPSA) is 12.4 Å². The molecule has 1 aromatic rings. The van der Waals surface area contributed by atoms with Gasteiger partial charge in [0.05, 0.1) is 0 Å². The lowest BCUT2D eigenvalue weighted by molar-refractivity contribution is 1.45. The van der Waals surface area contributed by atoms with E-state index in [1.54, 1.807) is 6.20 Å². The van der Waals surface area contributed by atoms with Gasteiger partial charge in [0.25, 0.3) is 0 Å². The van der Waals surface area contributed by atoms with Crippen molar-refractivity contribution in [2.24, 2.45) is 4.99 Å². The minimum Gasteiger partial charge on any atom is -0.272 e. The number of benzene rings is 1. The van der Waals surface area contributed by atoms with Crippen LogP contribution in [-0.2, 0) is 0 Å². The Hall–Kier alpha value is -1.63. The minimum absolute atomic E-state index is 0.951. The van der Waals surface area contributed by atoms with Crippen molar-refractivity contribution in [1.82, 2.24) is 0 Å². The van der Waals surface area contributed by atoms with Gasteiger partial charge in [-0.05, 0) is 30.9 Å². The van der Waals surface area contributed by atoms with E-state index in [0.29, 0.717) is 0 Å². The highest BCUT2D eigenvalue weighted by molar-refractivity contribution is 5.71. The first-order valence-electron chi connectivity index (χ1n) is 4.12. The standard InChI is InChI=1S/C12H13N/c1-10-4-6-12(7-5-10)11(2)8-9-13-3/h4-9H,2-3H2,1H3/b9-8-. The monoisotopic (exact) mass is 171 g/mol. The summed E-state index contributed by atoms with van der Waals surface area (Å²) >= 11 is 0. The van der Waals surface area contributed by atoms with E-state index in [1.807, 2.05) is 18.2 Å². The first-order chi connectivity index (χ1) is 6.24. The molecule has 0 fully saturated rings. The average Bonchev–Trinajstić information content (AvgIpc) is 2.15.